The zero-order chi connectivity index (χ0) is 22.7. The Morgan fingerprint density at radius 3 is 2.56 bits per heavy atom. The number of aromatic nitrogens is 1. The van der Waals surface area contributed by atoms with Crippen molar-refractivity contribution in [1.82, 2.24) is 20.5 Å². The van der Waals surface area contributed by atoms with Crippen LogP contribution in [0.3, 0.4) is 0 Å². The van der Waals surface area contributed by atoms with Crippen molar-refractivity contribution in [3.63, 3.8) is 0 Å². The molecule has 1 atom stereocenters. The van der Waals surface area contributed by atoms with E-state index in [9.17, 15) is 9.18 Å². The molecular weight excluding hydrogens is 415 g/mol. The highest BCUT2D eigenvalue weighted by Gasteiger charge is 2.35. The minimum Gasteiger partial charge on any atom is -0.372 e. The summed E-state index contributed by atoms with van der Waals surface area (Å²) in [5.41, 5.74) is 13.4. The number of carbonyl (C=O) groups excluding carboxylic acids is 1. The predicted octanol–water partition coefficient (Wildman–Crippen LogP) is -0.964. The zero-order valence-electron chi connectivity index (χ0n) is 18.5. The standard InChI is InChI=1S/C21H35FN8O2/c1-29-11-15(12-29)32-14-3-6-30(7-4-14)17-2-5-25-10-16(17)28-21(31)18(19(23)24)20-26-8-13(22)9-27-20/h2,5,10,13-15,18-20,26-27H,3-4,6-9,11-12,23-24H2,1H3,(H,28,31). The van der Waals surface area contributed by atoms with Crippen molar-refractivity contribution < 1.29 is 13.9 Å². The summed E-state index contributed by atoms with van der Waals surface area (Å²) in [7, 11) is 2.10. The van der Waals surface area contributed by atoms with Gasteiger partial charge in [-0.1, -0.05) is 0 Å². The van der Waals surface area contributed by atoms with Crippen LogP contribution in [-0.4, -0.2) is 92.8 Å². The van der Waals surface area contributed by atoms with Crippen molar-refractivity contribution in [3.05, 3.63) is 18.5 Å². The van der Waals surface area contributed by atoms with E-state index in [1.165, 1.54) is 0 Å². The number of anilines is 2. The Morgan fingerprint density at radius 2 is 1.94 bits per heavy atom. The number of ether oxygens (including phenoxy) is 1. The molecule has 0 aliphatic carbocycles. The van der Waals surface area contributed by atoms with E-state index in [1.54, 1.807) is 12.4 Å². The molecule has 178 valence electrons. The topological polar surface area (TPSA) is 134 Å². The van der Waals surface area contributed by atoms with Gasteiger partial charge in [0.1, 0.15) is 6.17 Å². The van der Waals surface area contributed by atoms with Crippen molar-refractivity contribution in [2.75, 3.05) is 56.5 Å². The molecule has 1 aromatic rings. The third kappa shape index (κ3) is 5.53. The molecule has 7 N–H and O–H groups in total. The highest BCUT2D eigenvalue weighted by Crippen LogP contribution is 2.29. The van der Waals surface area contributed by atoms with Crippen LogP contribution in [0.5, 0.6) is 0 Å². The van der Waals surface area contributed by atoms with Gasteiger partial charge in [-0.25, -0.2) is 4.39 Å². The fourth-order valence-electron chi connectivity index (χ4n) is 4.66. The van der Waals surface area contributed by atoms with Gasteiger partial charge in [0.25, 0.3) is 0 Å². The number of hydrogen-bond acceptors (Lipinski definition) is 9. The summed E-state index contributed by atoms with van der Waals surface area (Å²) < 4.78 is 19.6. The lowest BCUT2D eigenvalue weighted by Crippen LogP contribution is -2.64. The highest BCUT2D eigenvalue weighted by atomic mass is 19.1. The van der Waals surface area contributed by atoms with E-state index >= 15 is 0 Å². The van der Waals surface area contributed by atoms with E-state index in [4.69, 9.17) is 16.2 Å². The average Bonchev–Trinajstić information content (AvgIpc) is 2.75. The molecule has 4 rings (SSSR count). The highest BCUT2D eigenvalue weighted by molar-refractivity contribution is 5.96. The second kappa shape index (κ2) is 10.4. The molecule has 32 heavy (non-hydrogen) atoms. The van der Waals surface area contributed by atoms with Gasteiger partial charge in [-0.3, -0.25) is 20.4 Å². The Hall–Kier alpha value is -1.89. The van der Waals surface area contributed by atoms with Crippen LogP contribution >= 0.6 is 0 Å². The second-order valence-corrected chi connectivity index (χ2v) is 9.04. The van der Waals surface area contributed by atoms with Crippen LogP contribution in [0.25, 0.3) is 0 Å². The number of likely N-dealkylation sites (tertiary alicyclic amines) is 1. The van der Waals surface area contributed by atoms with E-state index in [0.717, 1.165) is 44.7 Å². The van der Waals surface area contributed by atoms with Gasteiger partial charge in [0.15, 0.2) is 0 Å². The van der Waals surface area contributed by atoms with Crippen LogP contribution < -0.4 is 32.3 Å². The van der Waals surface area contributed by atoms with Crippen molar-refractivity contribution >= 4 is 17.3 Å². The normalized spacial score (nSPS) is 26.7. The Balaban J connectivity index is 1.37. The van der Waals surface area contributed by atoms with Crippen molar-refractivity contribution in [3.8, 4) is 0 Å². The number of pyridine rings is 1. The Labute approximate surface area is 188 Å². The number of amides is 1. The minimum absolute atomic E-state index is 0.153. The number of alkyl halides is 1. The van der Waals surface area contributed by atoms with E-state index in [1.807, 2.05) is 6.07 Å². The predicted molar refractivity (Wildman–Crippen MR) is 121 cm³/mol. The molecule has 10 nitrogen and oxygen atoms in total. The van der Waals surface area contributed by atoms with Gasteiger partial charge in [-0.05, 0) is 26.0 Å². The summed E-state index contributed by atoms with van der Waals surface area (Å²) in [6.07, 6.45) is 3.43. The Bertz CT molecular complexity index is 762. The minimum atomic E-state index is -1.01. The molecule has 11 heteroatoms. The van der Waals surface area contributed by atoms with Crippen molar-refractivity contribution in [2.24, 2.45) is 17.4 Å². The third-order valence-electron chi connectivity index (χ3n) is 6.45. The molecule has 3 aliphatic rings. The molecule has 1 amide bonds. The number of piperidine rings is 1. The van der Waals surface area contributed by atoms with Crippen LogP contribution in [0.15, 0.2) is 18.5 Å². The van der Waals surface area contributed by atoms with E-state index in [0.29, 0.717) is 11.8 Å². The van der Waals surface area contributed by atoms with Crippen molar-refractivity contribution in [2.45, 2.75) is 43.6 Å². The van der Waals surface area contributed by atoms with Crippen LogP contribution in [0, 0.1) is 5.92 Å². The van der Waals surface area contributed by atoms with Gasteiger partial charge in [0, 0.05) is 45.5 Å². The first-order chi connectivity index (χ1) is 15.4. The largest absolute Gasteiger partial charge is 0.372 e. The lowest BCUT2D eigenvalue weighted by molar-refractivity contribution is -0.122. The molecule has 0 bridgehead atoms. The molecule has 3 aliphatic heterocycles. The van der Waals surface area contributed by atoms with E-state index in [-0.39, 0.29) is 25.1 Å². The summed E-state index contributed by atoms with van der Waals surface area (Å²) in [4.78, 5) is 21.8. The van der Waals surface area contributed by atoms with E-state index in [2.05, 4.69) is 37.8 Å². The van der Waals surface area contributed by atoms with Crippen LogP contribution in [0.1, 0.15) is 12.8 Å². The maximum Gasteiger partial charge on any atom is 0.233 e. The van der Waals surface area contributed by atoms with Crippen LogP contribution in [0.2, 0.25) is 0 Å². The van der Waals surface area contributed by atoms with Gasteiger partial charge in [0.05, 0.1) is 48.0 Å². The first kappa shape index (κ1) is 23.3. The van der Waals surface area contributed by atoms with Crippen LogP contribution in [-0.2, 0) is 9.53 Å². The second-order valence-electron chi connectivity index (χ2n) is 9.04. The number of nitrogens with one attached hydrogen (secondary N) is 3. The fraction of sp³-hybridized carbons (Fsp3) is 0.714. The number of likely N-dealkylation sites (N-methyl/N-ethyl adjacent to an activating group) is 1. The molecule has 3 fully saturated rings. The lowest BCUT2D eigenvalue weighted by Gasteiger charge is -2.41. The van der Waals surface area contributed by atoms with Gasteiger partial charge in [-0.15, -0.1) is 0 Å². The lowest BCUT2D eigenvalue weighted by atomic mass is 9.99. The fourth-order valence-corrected chi connectivity index (χ4v) is 4.66. The summed E-state index contributed by atoms with van der Waals surface area (Å²) in [6, 6.07) is 1.90. The molecular formula is C21H35FN8O2. The van der Waals surface area contributed by atoms with E-state index < -0.39 is 24.4 Å². The zero-order valence-corrected chi connectivity index (χ0v) is 18.5. The third-order valence-corrected chi connectivity index (χ3v) is 6.45. The Morgan fingerprint density at radius 1 is 1.25 bits per heavy atom. The van der Waals surface area contributed by atoms with Crippen molar-refractivity contribution in [1.29, 1.82) is 0 Å². The number of nitrogens with zero attached hydrogens (tertiary/aromatic N) is 3. The molecule has 4 heterocycles. The number of carbonyl (C=O) groups is 1. The maximum absolute atomic E-state index is 13.5. The first-order valence-corrected chi connectivity index (χ1v) is 11.4. The average molecular weight is 451 g/mol. The molecule has 0 radical (unpaired) electrons. The quantitative estimate of drug-likeness (QED) is 0.333. The Kier molecular flexibility index (Phi) is 7.54. The number of rotatable bonds is 7. The SMILES string of the molecule is CN1CC(OC2CCN(c3ccncc3NC(=O)C(C(N)N)C3NCC(F)CN3)CC2)C1. The summed E-state index contributed by atoms with van der Waals surface area (Å²) in [5.74, 6) is -1.10. The van der Waals surface area contributed by atoms with Crippen LogP contribution in [0.4, 0.5) is 15.8 Å². The van der Waals surface area contributed by atoms with Gasteiger partial charge >= 0.3 is 0 Å². The molecule has 0 spiro atoms. The molecule has 1 unspecified atom stereocenters. The monoisotopic (exact) mass is 450 g/mol. The number of hydrogen-bond donors (Lipinski definition) is 5. The number of nitrogens with two attached hydrogens (primary N) is 2. The molecule has 0 saturated carbocycles. The van der Waals surface area contributed by atoms with Gasteiger partial charge in [0.2, 0.25) is 5.91 Å². The molecule has 0 aromatic carbocycles. The summed E-state index contributed by atoms with van der Waals surface area (Å²) in [5, 5.41) is 8.91. The summed E-state index contributed by atoms with van der Waals surface area (Å²) >= 11 is 0. The molecule has 3 saturated heterocycles. The summed E-state index contributed by atoms with van der Waals surface area (Å²) in [6.45, 7) is 3.98. The smallest absolute Gasteiger partial charge is 0.233 e. The maximum atomic E-state index is 13.5. The van der Waals surface area contributed by atoms with Gasteiger partial charge in [-0.2, -0.15) is 0 Å². The number of halogens is 1. The first-order valence-electron chi connectivity index (χ1n) is 11.4. The molecule has 1 aromatic heterocycles. The van der Waals surface area contributed by atoms with Gasteiger partial charge < -0.3 is 31.3 Å².